The molecule has 0 spiro atoms. The molecule has 0 amide bonds. The molecular formula is C24H20ClNO7. The quantitative estimate of drug-likeness (QED) is 0.276. The van der Waals surface area contributed by atoms with Crippen molar-refractivity contribution < 1.29 is 33.1 Å². The highest BCUT2D eigenvalue weighted by molar-refractivity contribution is 6.29. The van der Waals surface area contributed by atoms with Gasteiger partial charge in [0.15, 0.2) is 22.4 Å². The largest absolute Gasteiger partial charge is 0.493 e. The summed E-state index contributed by atoms with van der Waals surface area (Å²) in [5.74, 6) is 1.71. The lowest BCUT2D eigenvalue weighted by Gasteiger charge is -2.10. The lowest BCUT2D eigenvalue weighted by Crippen LogP contribution is -2.10. The number of esters is 1. The first-order valence-corrected chi connectivity index (χ1v) is 10.4. The van der Waals surface area contributed by atoms with E-state index in [-0.39, 0.29) is 23.1 Å². The van der Waals surface area contributed by atoms with Crippen LogP contribution >= 0.6 is 11.6 Å². The van der Waals surface area contributed by atoms with Crippen molar-refractivity contribution in [3.05, 3.63) is 69.8 Å². The maximum Gasteiger partial charge on any atom is 0.311 e. The van der Waals surface area contributed by atoms with E-state index < -0.39 is 5.97 Å². The molecule has 0 fully saturated rings. The smallest absolute Gasteiger partial charge is 0.311 e. The van der Waals surface area contributed by atoms with Crippen molar-refractivity contribution in [1.82, 2.24) is 5.16 Å². The normalized spacial score (nSPS) is 13.6. The Bertz CT molecular complexity index is 1260. The second-order valence-electron chi connectivity index (χ2n) is 7.21. The maximum atomic E-state index is 12.8. The Hall–Kier alpha value is -3.78. The third-order valence-electron chi connectivity index (χ3n) is 5.07. The number of carbonyl (C=O) groups excluding carboxylic acids is 2. The summed E-state index contributed by atoms with van der Waals surface area (Å²) in [6, 6.07) is 9.98. The molecule has 0 unspecified atom stereocenters. The zero-order chi connectivity index (χ0) is 23.5. The van der Waals surface area contributed by atoms with Gasteiger partial charge in [-0.05, 0) is 42.8 Å². The first-order valence-electron chi connectivity index (χ1n) is 10.0. The fraction of sp³-hybridized carbons (Fsp3) is 0.208. The minimum absolute atomic E-state index is 0.0757. The molecule has 4 rings (SSSR count). The number of halogens is 1. The summed E-state index contributed by atoms with van der Waals surface area (Å²) in [5, 5.41) is 3.79. The lowest BCUT2D eigenvalue weighted by atomic mass is 10.1. The molecule has 0 N–H and O–H groups in total. The van der Waals surface area contributed by atoms with Crippen LogP contribution in [0.4, 0.5) is 0 Å². The number of fused-ring (bicyclic) bond motifs is 1. The van der Waals surface area contributed by atoms with Crippen molar-refractivity contribution in [1.29, 1.82) is 0 Å². The van der Waals surface area contributed by atoms with E-state index in [1.54, 1.807) is 56.5 Å². The molecule has 0 radical (unpaired) electrons. The van der Waals surface area contributed by atoms with Crippen LogP contribution in [-0.4, -0.2) is 31.1 Å². The molecule has 0 bridgehead atoms. The van der Waals surface area contributed by atoms with Crippen LogP contribution in [0.1, 0.15) is 33.7 Å². The molecule has 33 heavy (non-hydrogen) atoms. The third kappa shape index (κ3) is 4.70. The van der Waals surface area contributed by atoms with E-state index in [0.29, 0.717) is 51.9 Å². The molecule has 1 aromatic heterocycles. The Balaban J connectivity index is 1.50. The average Bonchev–Trinajstić information content (AvgIpc) is 3.37. The van der Waals surface area contributed by atoms with E-state index in [1.165, 1.54) is 7.11 Å². The SMILES string of the molecule is COc1ccc(/C=C2\Oc3c(ccc(OC(=O)CCc4cc(Cl)no4)c3C)C2=O)cc1OC. The van der Waals surface area contributed by atoms with Gasteiger partial charge in [-0.15, -0.1) is 0 Å². The van der Waals surface area contributed by atoms with Crippen LogP contribution in [0.3, 0.4) is 0 Å². The van der Waals surface area contributed by atoms with Crippen LogP contribution in [0.2, 0.25) is 5.15 Å². The molecule has 2 heterocycles. The molecular weight excluding hydrogens is 450 g/mol. The number of rotatable bonds is 7. The predicted octanol–water partition coefficient (Wildman–Crippen LogP) is 4.81. The van der Waals surface area contributed by atoms with Crippen LogP contribution in [0.25, 0.3) is 6.08 Å². The molecule has 1 aliphatic rings. The topological polar surface area (TPSA) is 97.1 Å². The Morgan fingerprint density at radius 2 is 1.85 bits per heavy atom. The van der Waals surface area contributed by atoms with Crippen molar-refractivity contribution in [3.63, 3.8) is 0 Å². The predicted molar refractivity (Wildman–Crippen MR) is 119 cm³/mol. The minimum atomic E-state index is -0.462. The van der Waals surface area contributed by atoms with Crippen molar-refractivity contribution in [3.8, 4) is 23.0 Å². The summed E-state index contributed by atoms with van der Waals surface area (Å²) >= 11 is 5.70. The van der Waals surface area contributed by atoms with Crippen LogP contribution < -0.4 is 18.9 Å². The molecule has 8 nitrogen and oxygen atoms in total. The van der Waals surface area contributed by atoms with E-state index >= 15 is 0 Å². The standard InChI is InChI=1S/C24H20ClNO7/c1-13-17(31-22(27)9-5-15-12-21(25)26-33-15)8-6-16-23(28)20(32-24(13)16)11-14-4-7-18(29-2)19(10-14)30-3/h4,6-8,10-12H,5,9H2,1-3H3/b20-11-. The van der Waals surface area contributed by atoms with E-state index in [9.17, 15) is 9.59 Å². The van der Waals surface area contributed by atoms with Gasteiger partial charge < -0.3 is 23.5 Å². The van der Waals surface area contributed by atoms with Gasteiger partial charge in [0.2, 0.25) is 5.78 Å². The average molecular weight is 470 g/mol. The van der Waals surface area contributed by atoms with Gasteiger partial charge in [0.05, 0.1) is 26.2 Å². The lowest BCUT2D eigenvalue weighted by molar-refractivity contribution is -0.134. The van der Waals surface area contributed by atoms with Gasteiger partial charge in [-0.25, -0.2) is 0 Å². The highest BCUT2D eigenvalue weighted by atomic mass is 35.5. The van der Waals surface area contributed by atoms with E-state index in [4.69, 9.17) is 35.1 Å². The van der Waals surface area contributed by atoms with Gasteiger partial charge in [0.25, 0.3) is 0 Å². The van der Waals surface area contributed by atoms with Gasteiger partial charge in [-0.2, -0.15) is 0 Å². The summed E-state index contributed by atoms with van der Waals surface area (Å²) in [5.41, 5.74) is 1.66. The Kier molecular flexibility index (Phi) is 6.37. The fourth-order valence-corrected chi connectivity index (χ4v) is 3.53. The number of ether oxygens (including phenoxy) is 4. The van der Waals surface area contributed by atoms with Gasteiger partial charge in [0, 0.05) is 18.1 Å². The number of hydrogen-bond acceptors (Lipinski definition) is 8. The van der Waals surface area contributed by atoms with Gasteiger partial charge >= 0.3 is 5.97 Å². The zero-order valence-corrected chi connectivity index (χ0v) is 18.9. The molecule has 2 aromatic carbocycles. The summed E-state index contributed by atoms with van der Waals surface area (Å²) in [4.78, 5) is 25.1. The van der Waals surface area contributed by atoms with Crippen LogP contribution in [0, 0.1) is 6.92 Å². The maximum absolute atomic E-state index is 12.8. The number of aromatic nitrogens is 1. The van der Waals surface area contributed by atoms with Crippen molar-refractivity contribution >= 4 is 29.4 Å². The highest BCUT2D eigenvalue weighted by Gasteiger charge is 2.30. The number of ketones is 1. The number of methoxy groups -OCH3 is 2. The van der Waals surface area contributed by atoms with Crippen LogP contribution in [-0.2, 0) is 11.2 Å². The van der Waals surface area contributed by atoms with Gasteiger partial charge in [-0.3, -0.25) is 9.59 Å². The summed E-state index contributed by atoms with van der Waals surface area (Å²) in [6.07, 6.45) is 2.00. The number of nitrogens with zero attached hydrogens (tertiary/aromatic N) is 1. The van der Waals surface area contributed by atoms with Gasteiger partial charge in [0.1, 0.15) is 17.3 Å². The summed E-state index contributed by atoms with van der Waals surface area (Å²) < 4.78 is 26.8. The number of allylic oxidation sites excluding steroid dienone is 1. The van der Waals surface area contributed by atoms with E-state index in [2.05, 4.69) is 5.16 Å². The summed E-state index contributed by atoms with van der Waals surface area (Å²) in [6.45, 7) is 1.73. The van der Waals surface area contributed by atoms with Crippen LogP contribution in [0.5, 0.6) is 23.0 Å². The molecule has 0 saturated carbocycles. The highest BCUT2D eigenvalue weighted by Crippen LogP contribution is 2.40. The Labute approximate surface area is 194 Å². The minimum Gasteiger partial charge on any atom is -0.493 e. The van der Waals surface area contributed by atoms with Gasteiger partial charge in [-0.1, -0.05) is 22.8 Å². The molecule has 1 aliphatic heterocycles. The zero-order valence-electron chi connectivity index (χ0n) is 18.1. The number of benzene rings is 2. The number of Topliss-reactive ketones (excluding diaryl/α,β-unsaturated/α-hetero) is 1. The number of carbonyl (C=O) groups is 2. The van der Waals surface area contributed by atoms with E-state index in [1.807, 2.05) is 0 Å². The fourth-order valence-electron chi connectivity index (χ4n) is 3.38. The second kappa shape index (κ2) is 9.38. The van der Waals surface area contributed by atoms with Crippen molar-refractivity contribution in [2.24, 2.45) is 0 Å². The number of aryl methyl sites for hydroxylation is 1. The Morgan fingerprint density at radius 1 is 1.09 bits per heavy atom. The summed E-state index contributed by atoms with van der Waals surface area (Å²) in [7, 11) is 3.09. The molecule has 0 saturated heterocycles. The number of hydrogen-bond donors (Lipinski definition) is 0. The van der Waals surface area contributed by atoms with E-state index in [0.717, 1.165) is 0 Å². The first-order chi connectivity index (χ1) is 15.9. The third-order valence-corrected chi connectivity index (χ3v) is 5.25. The molecule has 0 aliphatic carbocycles. The first kappa shape index (κ1) is 22.4. The molecule has 3 aromatic rings. The monoisotopic (exact) mass is 469 g/mol. The van der Waals surface area contributed by atoms with Crippen molar-refractivity contribution in [2.75, 3.05) is 14.2 Å². The van der Waals surface area contributed by atoms with Crippen LogP contribution in [0.15, 0.2) is 46.7 Å². The molecule has 170 valence electrons. The second-order valence-corrected chi connectivity index (χ2v) is 7.60. The Morgan fingerprint density at radius 3 is 2.55 bits per heavy atom. The molecule has 9 heteroatoms. The van der Waals surface area contributed by atoms with Crippen molar-refractivity contribution in [2.45, 2.75) is 19.8 Å². The molecule has 0 atom stereocenters.